The van der Waals surface area contributed by atoms with Gasteiger partial charge in [0.2, 0.25) is 0 Å². The Morgan fingerprint density at radius 1 is 0.562 bits per heavy atom. The topological polar surface area (TPSA) is 96.0 Å². The minimum atomic E-state index is 0.578. The minimum absolute atomic E-state index is 0.578. The second-order valence-electron chi connectivity index (χ2n) is 7.08. The number of aromatic nitrogens is 7. The fourth-order valence-electron chi connectivity index (χ4n) is 3.25. The van der Waals surface area contributed by atoms with E-state index in [9.17, 15) is 0 Å². The van der Waals surface area contributed by atoms with Crippen molar-refractivity contribution in [3.63, 3.8) is 0 Å². The van der Waals surface area contributed by atoms with Gasteiger partial charge in [-0.3, -0.25) is 10.2 Å². The van der Waals surface area contributed by atoms with Crippen LogP contribution < -0.4 is 0 Å². The first-order chi connectivity index (χ1) is 15.7. The molecule has 0 saturated carbocycles. The Balaban J connectivity index is 1.41. The van der Waals surface area contributed by atoms with Crippen LogP contribution in [0.25, 0.3) is 58.0 Å². The third-order valence-corrected chi connectivity index (χ3v) is 5.01. The van der Waals surface area contributed by atoms with Gasteiger partial charge >= 0.3 is 0 Å². The van der Waals surface area contributed by atoms with Crippen LogP contribution in [0.1, 0.15) is 11.1 Å². The van der Waals surface area contributed by atoms with Crippen molar-refractivity contribution in [1.82, 2.24) is 35.3 Å². The Morgan fingerprint density at radius 3 is 1.41 bits per heavy atom. The first-order valence-corrected chi connectivity index (χ1v) is 10.0. The minimum Gasteiger partial charge on any atom is -0.257 e. The van der Waals surface area contributed by atoms with E-state index in [1.54, 1.807) is 12.2 Å². The van der Waals surface area contributed by atoms with Crippen LogP contribution in [0.3, 0.4) is 0 Å². The fourth-order valence-corrected chi connectivity index (χ4v) is 3.25. The highest BCUT2D eigenvalue weighted by atomic mass is 15.2. The maximum atomic E-state index is 4.69. The maximum absolute atomic E-state index is 4.69. The number of pyridine rings is 1. The molecule has 3 heterocycles. The van der Waals surface area contributed by atoms with E-state index in [1.165, 1.54) is 0 Å². The molecule has 0 bridgehead atoms. The highest BCUT2D eigenvalue weighted by Gasteiger charge is 2.13. The summed E-state index contributed by atoms with van der Waals surface area (Å²) in [5.41, 5.74) is 5.24. The van der Waals surface area contributed by atoms with Gasteiger partial charge in [0.05, 0.1) is 0 Å². The van der Waals surface area contributed by atoms with E-state index in [0.717, 1.165) is 22.3 Å². The lowest BCUT2D eigenvalue weighted by atomic mass is 10.1. The van der Waals surface area contributed by atoms with Crippen molar-refractivity contribution >= 4 is 12.2 Å². The van der Waals surface area contributed by atoms with E-state index in [1.807, 2.05) is 66.7 Å². The molecule has 154 valence electrons. The Hall–Kier alpha value is -4.65. The van der Waals surface area contributed by atoms with Crippen molar-refractivity contribution < 1.29 is 0 Å². The molecular formula is C25H19N7. The summed E-state index contributed by atoms with van der Waals surface area (Å²) in [6.45, 7) is 7.55. The molecule has 7 heteroatoms. The van der Waals surface area contributed by atoms with Crippen molar-refractivity contribution in [3.8, 4) is 45.8 Å². The molecule has 32 heavy (non-hydrogen) atoms. The van der Waals surface area contributed by atoms with E-state index >= 15 is 0 Å². The normalized spacial score (nSPS) is 10.8. The molecule has 2 N–H and O–H groups in total. The standard InChI is InChI=1S/C25H19N7/c1-3-16-8-12-18(13-9-16)22-27-24(31-29-22)20-6-5-7-21(26-20)25-28-23(30-32-25)19-14-10-17(4-2)11-15-19/h3-15H,1-2H2,(H,27,29,31)(H,28,30,32). The Bertz CT molecular complexity index is 1290. The van der Waals surface area contributed by atoms with Crippen LogP contribution in [0, 0.1) is 0 Å². The molecule has 0 fully saturated rings. The van der Waals surface area contributed by atoms with Gasteiger partial charge in [-0.2, -0.15) is 10.2 Å². The molecule has 5 aromatic rings. The number of hydrogen-bond donors (Lipinski definition) is 2. The quantitative estimate of drug-likeness (QED) is 0.392. The van der Waals surface area contributed by atoms with Crippen LogP contribution in [-0.4, -0.2) is 35.3 Å². The summed E-state index contributed by atoms with van der Waals surface area (Å²) >= 11 is 0. The lowest BCUT2D eigenvalue weighted by molar-refractivity contribution is 1.08. The van der Waals surface area contributed by atoms with Gasteiger partial charge in [-0.15, -0.1) is 0 Å². The number of aromatic amines is 2. The molecule has 0 aliphatic rings. The van der Waals surface area contributed by atoms with Crippen LogP contribution in [0.5, 0.6) is 0 Å². The van der Waals surface area contributed by atoms with Gasteiger partial charge in [0.1, 0.15) is 11.4 Å². The van der Waals surface area contributed by atoms with Crippen molar-refractivity contribution in [2.45, 2.75) is 0 Å². The number of nitrogens with zero attached hydrogens (tertiary/aromatic N) is 5. The molecule has 0 atom stereocenters. The SMILES string of the molecule is C=Cc1ccc(-c2n[nH]c(-c3cccc(-c4nc(-c5ccc(C=C)cc5)n[nH]4)n3)n2)cc1. The molecule has 0 radical (unpaired) electrons. The summed E-state index contributed by atoms with van der Waals surface area (Å²) < 4.78 is 0. The van der Waals surface area contributed by atoms with Gasteiger partial charge in [-0.1, -0.05) is 79.9 Å². The lowest BCUT2D eigenvalue weighted by Gasteiger charge is -1.99. The average Bonchev–Trinajstić information content (AvgIpc) is 3.55. The van der Waals surface area contributed by atoms with Crippen LogP contribution in [0.15, 0.2) is 79.9 Å². The smallest absolute Gasteiger partial charge is 0.181 e. The molecule has 0 aliphatic carbocycles. The zero-order valence-corrected chi connectivity index (χ0v) is 17.2. The molecule has 7 nitrogen and oxygen atoms in total. The monoisotopic (exact) mass is 417 g/mol. The lowest BCUT2D eigenvalue weighted by Crippen LogP contribution is -1.91. The summed E-state index contributed by atoms with van der Waals surface area (Å²) in [6, 6.07) is 21.4. The van der Waals surface area contributed by atoms with Crippen LogP contribution in [0.2, 0.25) is 0 Å². The van der Waals surface area contributed by atoms with Gasteiger partial charge < -0.3 is 0 Å². The van der Waals surface area contributed by atoms with E-state index in [2.05, 4.69) is 48.5 Å². The number of benzene rings is 2. The highest BCUT2D eigenvalue weighted by Crippen LogP contribution is 2.23. The van der Waals surface area contributed by atoms with E-state index < -0.39 is 0 Å². The van der Waals surface area contributed by atoms with Crippen LogP contribution in [-0.2, 0) is 0 Å². The highest BCUT2D eigenvalue weighted by molar-refractivity contribution is 5.65. The fraction of sp³-hybridized carbons (Fsp3) is 0. The second kappa shape index (κ2) is 8.23. The largest absolute Gasteiger partial charge is 0.257 e. The number of rotatable bonds is 6. The number of hydrogen-bond acceptors (Lipinski definition) is 5. The Kier molecular flexibility index (Phi) is 4.97. The molecular weight excluding hydrogens is 398 g/mol. The van der Waals surface area contributed by atoms with Gasteiger partial charge in [-0.05, 0) is 23.3 Å². The van der Waals surface area contributed by atoms with E-state index in [4.69, 9.17) is 0 Å². The molecule has 0 aliphatic heterocycles. The number of nitrogens with one attached hydrogen (secondary N) is 2. The predicted molar refractivity (Wildman–Crippen MR) is 126 cm³/mol. The third-order valence-electron chi connectivity index (χ3n) is 5.01. The molecule has 3 aromatic heterocycles. The Morgan fingerprint density at radius 2 is 1.00 bits per heavy atom. The molecule has 0 spiro atoms. The average molecular weight is 417 g/mol. The first-order valence-electron chi connectivity index (χ1n) is 10.0. The molecule has 5 rings (SSSR count). The molecule has 0 amide bonds. The van der Waals surface area contributed by atoms with Gasteiger partial charge in [0.25, 0.3) is 0 Å². The van der Waals surface area contributed by atoms with E-state index in [-0.39, 0.29) is 0 Å². The number of H-pyrrole nitrogens is 2. The van der Waals surface area contributed by atoms with Gasteiger partial charge in [0.15, 0.2) is 23.3 Å². The second-order valence-corrected chi connectivity index (χ2v) is 7.08. The van der Waals surface area contributed by atoms with E-state index in [0.29, 0.717) is 34.7 Å². The summed E-state index contributed by atoms with van der Waals surface area (Å²) in [6.07, 6.45) is 3.60. The zero-order chi connectivity index (χ0) is 21.9. The molecule has 0 saturated heterocycles. The van der Waals surface area contributed by atoms with Crippen molar-refractivity contribution in [1.29, 1.82) is 0 Å². The summed E-state index contributed by atoms with van der Waals surface area (Å²) in [4.78, 5) is 13.9. The first kappa shape index (κ1) is 19.3. The predicted octanol–water partition coefficient (Wildman–Crippen LogP) is 5.27. The summed E-state index contributed by atoms with van der Waals surface area (Å²) in [7, 11) is 0. The van der Waals surface area contributed by atoms with Crippen molar-refractivity contribution in [2.24, 2.45) is 0 Å². The maximum Gasteiger partial charge on any atom is 0.181 e. The molecule has 0 unspecified atom stereocenters. The third kappa shape index (κ3) is 3.75. The zero-order valence-electron chi connectivity index (χ0n) is 17.2. The van der Waals surface area contributed by atoms with Crippen LogP contribution in [0.4, 0.5) is 0 Å². The van der Waals surface area contributed by atoms with Gasteiger partial charge in [0, 0.05) is 11.1 Å². The van der Waals surface area contributed by atoms with Crippen LogP contribution >= 0.6 is 0 Å². The summed E-state index contributed by atoms with van der Waals surface area (Å²) in [5.74, 6) is 2.37. The summed E-state index contributed by atoms with van der Waals surface area (Å²) in [5, 5.41) is 14.6. The Labute approximate surface area is 184 Å². The van der Waals surface area contributed by atoms with Crippen molar-refractivity contribution in [3.05, 3.63) is 91.0 Å². The van der Waals surface area contributed by atoms with Crippen molar-refractivity contribution in [2.75, 3.05) is 0 Å². The molecule has 2 aromatic carbocycles. The van der Waals surface area contributed by atoms with Gasteiger partial charge in [-0.25, -0.2) is 15.0 Å².